The van der Waals surface area contributed by atoms with Gasteiger partial charge < -0.3 is 20.1 Å². The van der Waals surface area contributed by atoms with Crippen LogP contribution in [-0.2, 0) is 6.18 Å². The fourth-order valence-corrected chi connectivity index (χ4v) is 2.66. The van der Waals surface area contributed by atoms with Crippen molar-refractivity contribution in [1.29, 1.82) is 0 Å². The molecule has 0 bridgehead atoms. The summed E-state index contributed by atoms with van der Waals surface area (Å²) in [5, 5.41) is 13.4. The Hall–Kier alpha value is -3.00. The minimum atomic E-state index is -4.41. The van der Waals surface area contributed by atoms with Gasteiger partial charge in [-0.1, -0.05) is 12.1 Å². The van der Waals surface area contributed by atoms with E-state index in [1.165, 1.54) is 12.1 Å². The van der Waals surface area contributed by atoms with E-state index in [1.54, 1.807) is 6.07 Å². The highest BCUT2D eigenvalue weighted by molar-refractivity contribution is 5.98. The molecule has 28 heavy (non-hydrogen) atoms. The number of amides is 1. The Morgan fingerprint density at radius 2 is 1.89 bits per heavy atom. The summed E-state index contributed by atoms with van der Waals surface area (Å²) in [7, 11) is 0. The number of aliphatic hydroxyl groups is 1. The molecule has 2 aromatic carbocycles. The summed E-state index contributed by atoms with van der Waals surface area (Å²) in [6.45, 7) is 1.72. The number of fused-ring (bicyclic) bond motifs is 1. The average molecular weight is 392 g/mol. The van der Waals surface area contributed by atoms with E-state index >= 15 is 0 Å². The minimum Gasteiger partial charge on any atom is -0.491 e. The van der Waals surface area contributed by atoms with E-state index in [2.05, 4.69) is 10.3 Å². The Balaban J connectivity index is 1.49. The number of aryl methyl sites for hydroxylation is 1. The van der Waals surface area contributed by atoms with Gasteiger partial charge in [0.05, 0.1) is 5.56 Å². The molecule has 1 aromatic heterocycles. The van der Waals surface area contributed by atoms with Crippen LogP contribution in [0.1, 0.15) is 21.6 Å². The molecule has 148 valence electrons. The van der Waals surface area contributed by atoms with Gasteiger partial charge >= 0.3 is 6.18 Å². The van der Waals surface area contributed by atoms with Crippen molar-refractivity contribution < 1.29 is 27.8 Å². The minimum absolute atomic E-state index is 0.0616. The molecule has 1 heterocycles. The van der Waals surface area contributed by atoms with E-state index in [4.69, 9.17) is 4.74 Å². The van der Waals surface area contributed by atoms with Crippen molar-refractivity contribution in [1.82, 2.24) is 10.3 Å². The number of carbonyl (C=O) groups excluding carboxylic acids is 1. The Morgan fingerprint density at radius 3 is 2.57 bits per heavy atom. The van der Waals surface area contributed by atoms with Crippen molar-refractivity contribution in [2.45, 2.75) is 19.2 Å². The molecular formula is C20H19F3N2O3. The lowest BCUT2D eigenvalue weighted by molar-refractivity contribution is -0.137. The zero-order chi connectivity index (χ0) is 20.3. The molecule has 1 atom stereocenters. The number of carbonyl (C=O) groups is 1. The first-order valence-electron chi connectivity index (χ1n) is 8.58. The van der Waals surface area contributed by atoms with Crippen LogP contribution in [-0.4, -0.2) is 35.3 Å². The standard InChI is InChI=1S/C20H19F3N2O3/c1-12-2-3-13-9-18(25-17(13)8-12)19(27)24-10-15(26)11-28-16-6-4-14(5-7-16)20(21,22)23/h2-9,15,25-26H,10-11H2,1H3,(H,24,27). The molecule has 0 saturated carbocycles. The number of rotatable bonds is 6. The van der Waals surface area contributed by atoms with E-state index in [-0.39, 0.29) is 24.8 Å². The smallest absolute Gasteiger partial charge is 0.416 e. The van der Waals surface area contributed by atoms with Crippen LogP contribution in [0, 0.1) is 6.92 Å². The van der Waals surface area contributed by atoms with Gasteiger partial charge in [0.2, 0.25) is 0 Å². The first kappa shape index (κ1) is 19.8. The van der Waals surface area contributed by atoms with E-state index < -0.39 is 17.8 Å². The predicted octanol–water partition coefficient (Wildman–Crippen LogP) is 3.66. The first-order chi connectivity index (χ1) is 13.2. The predicted molar refractivity (Wildman–Crippen MR) is 98.3 cm³/mol. The van der Waals surface area contributed by atoms with Crippen molar-refractivity contribution in [2.75, 3.05) is 13.2 Å². The molecule has 3 aromatic rings. The van der Waals surface area contributed by atoms with Gasteiger partial charge in [0.25, 0.3) is 5.91 Å². The average Bonchev–Trinajstić information content (AvgIpc) is 3.07. The summed E-state index contributed by atoms with van der Waals surface area (Å²) in [5.41, 5.74) is 1.51. The molecule has 8 heteroatoms. The third-order valence-corrected chi connectivity index (χ3v) is 4.14. The molecule has 0 saturated heterocycles. The molecule has 0 aliphatic carbocycles. The Labute approximate surface area is 159 Å². The van der Waals surface area contributed by atoms with Crippen molar-refractivity contribution in [3.8, 4) is 5.75 Å². The summed E-state index contributed by atoms with van der Waals surface area (Å²) in [5.74, 6) is -0.174. The van der Waals surface area contributed by atoms with Crippen LogP contribution in [0.2, 0.25) is 0 Å². The number of halogens is 3. The molecule has 3 N–H and O–H groups in total. The molecular weight excluding hydrogens is 373 g/mol. The van der Waals surface area contributed by atoms with Gasteiger partial charge in [-0.15, -0.1) is 0 Å². The lowest BCUT2D eigenvalue weighted by atomic mass is 10.2. The molecule has 1 amide bonds. The van der Waals surface area contributed by atoms with Crippen LogP contribution >= 0.6 is 0 Å². The monoisotopic (exact) mass is 392 g/mol. The fourth-order valence-electron chi connectivity index (χ4n) is 2.66. The number of aliphatic hydroxyl groups excluding tert-OH is 1. The van der Waals surface area contributed by atoms with Gasteiger partial charge in [-0.2, -0.15) is 13.2 Å². The van der Waals surface area contributed by atoms with Crippen molar-refractivity contribution in [3.05, 3.63) is 65.4 Å². The molecule has 3 rings (SSSR count). The Kier molecular flexibility index (Phi) is 5.60. The number of aromatic amines is 1. The molecule has 0 spiro atoms. The van der Waals surface area contributed by atoms with E-state index in [0.29, 0.717) is 5.69 Å². The molecule has 0 fully saturated rings. The topological polar surface area (TPSA) is 74.3 Å². The van der Waals surface area contributed by atoms with E-state index in [0.717, 1.165) is 28.6 Å². The quantitative estimate of drug-likeness (QED) is 0.599. The summed E-state index contributed by atoms with van der Waals surface area (Å²) in [6, 6.07) is 11.7. The highest BCUT2D eigenvalue weighted by Crippen LogP contribution is 2.30. The summed E-state index contributed by atoms with van der Waals surface area (Å²) in [4.78, 5) is 15.2. The lowest BCUT2D eigenvalue weighted by Gasteiger charge is -2.13. The lowest BCUT2D eigenvalue weighted by Crippen LogP contribution is -2.35. The van der Waals surface area contributed by atoms with Crippen LogP contribution < -0.4 is 10.1 Å². The molecule has 0 aliphatic rings. The second-order valence-electron chi connectivity index (χ2n) is 6.47. The highest BCUT2D eigenvalue weighted by Gasteiger charge is 2.30. The second kappa shape index (κ2) is 7.93. The van der Waals surface area contributed by atoms with Crippen LogP contribution in [0.15, 0.2) is 48.5 Å². The SMILES string of the molecule is Cc1ccc2cc(C(=O)NCC(O)COc3ccc(C(F)(F)F)cc3)[nH]c2c1. The number of hydrogen-bond acceptors (Lipinski definition) is 3. The Morgan fingerprint density at radius 1 is 1.18 bits per heavy atom. The van der Waals surface area contributed by atoms with Crippen molar-refractivity contribution in [2.24, 2.45) is 0 Å². The van der Waals surface area contributed by atoms with Crippen molar-refractivity contribution >= 4 is 16.8 Å². The Bertz CT molecular complexity index is 965. The zero-order valence-electron chi connectivity index (χ0n) is 15.0. The zero-order valence-corrected chi connectivity index (χ0v) is 15.0. The van der Waals surface area contributed by atoms with Gasteiger partial charge in [0.1, 0.15) is 24.2 Å². The fraction of sp³-hybridized carbons (Fsp3) is 0.250. The second-order valence-corrected chi connectivity index (χ2v) is 6.47. The van der Waals surface area contributed by atoms with E-state index in [9.17, 15) is 23.1 Å². The maximum absolute atomic E-state index is 12.5. The number of ether oxygens (including phenoxy) is 1. The third-order valence-electron chi connectivity index (χ3n) is 4.14. The van der Waals surface area contributed by atoms with Crippen LogP contribution in [0.25, 0.3) is 10.9 Å². The van der Waals surface area contributed by atoms with E-state index in [1.807, 2.05) is 25.1 Å². The third kappa shape index (κ3) is 4.83. The van der Waals surface area contributed by atoms with Gasteiger partial charge in [0.15, 0.2) is 0 Å². The summed E-state index contributed by atoms with van der Waals surface area (Å²) in [6.07, 6.45) is -5.43. The molecule has 0 aliphatic heterocycles. The van der Waals surface area contributed by atoms with Gasteiger partial charge in [-0.05, 0) is 48.9 Å². The maximum Gasteiger partial charge on any atom is 0.416 e. The maximum atomic E-state index is 12.5. The largest absolute Gasteiger partial charge is 0.491 e. The number of nitrogens with one attached hydrogen (secondary N) is 2. The number of benzene rings is 2. The first-order valence-corrected chi connectivity index (χ1v) is 8.58. The molecule has 5 nitrogen and oxygen atoms in total. The summed E-state index contributed by atoms with van der Waals surface area (Å²) < 4.78 is 42.8. The molecule has 0 radical (unpaired) electrons. The molecule has 1 unspecified atom stereocenters. The van der Waals surface area contributed by atoms with Crippen molar-refractivity contribution in [3.63, 3.8) is 0 Å². The van der Waals surface area contributed by atoms with Crippen LogP contribution in [0.3, 0.4) is 0 Å². The number of hydrogen-bond donors (Lipinski definition) is 3. The van der Waals surface area contributed by atoms with Gasteiger partial charge in [-0.3, -0.25) is 4.79 Å². The van der Waals surface area contributed by atoms with Crippen LogP contribution in [0.4, 0.5) is 13.2 Å². The number of aromatic nitrogens is 1. The van der Waals surface area contributed by atoms with Crippen LogP contribution in [0.5, 0.6) is 5.75 Å². The van der Waals surface area contributed by atoms with Gasteiger partial charge in [-0.25, -0.2) is 0 Å². The normalized spacial score (nSPS) is 12.8. The summed E-state index contributed by atoms with van der Waals surface area (Å²) >= 11 is 0. The number of H-pyrrole nitrogens is 1. The highest BCUT2D eigenvalue weighted by atomic mass is 19.4. The van der Waals surface area contributed by atoms with Gasteiger partial charge in [0, 0.05) is 17.4 Å². The number of alkyl halides is 3.